The number of amides is 1. The van der Waals surface area contributed by atoms with Crippen LogP contribution in [-0.4, -0.2) is 11.7 Å². The summed E-state index contributed by atoms with van der Waals surface area (Å²) in [4.78, 5) is 20.5. The minimum Gasteiger partial charge on any atom is -0.266 e. The van der Waals surface area contributed by atoms with Crippen LogP contribution in [0.25, 0.3) is 16.2 Å². The molecular weight excluding hydrogens is 515 g/mol. The van der Waals surface area contributed by atoms with Gasteiger partial charge in [0, 0.05) is 19.6 Å². The molecule has 1 aromatic heterocycles. The highest BCUT2D eigenvalue weighted by molar-refractivity contribution is 9.10. The zero-order valence-corrected chi connectivity index (χ0v) is 19.8. The van der Waals surface area contributed by atoms with Gasteiger partial charge in [-0.1, -0.05) is 69.5 Å². The summed E-state index contributed by atoms with van der Waals surface area (Å²) in [5, 5.41) is 2.13. The van der Waals surface area contributed by atoms with Crippen molar-refractivity contribution in [3.8, 4) is 0 Å². The monoisotopic (exact) mass is 526 g/mol. The van der Waals surface area contributed by atoms with Crippen LogP contribution >= 0.6 is 50.5 Å². The quantitative estimate of drug-likeness (QED) is 0.250. The molecule has 0 saturated heterocycles. The lowest BCUT2D eigenvalue weighted by atomic mass is 10.2. The molecule has 2 heterocycles. The molecule has 1 aliphatic rings. The Labute approximate surface area is 201 Å². The number of aliphatic imine (C=N–C) groups is 1. The summed E-state index contributed by atoms with van der Waals surface area (Å²) in [6.07, 6.45) is 1.78. The van der Waals surface area contributed by atoms with Crippen LogP contribution in [0.15, 0.2) is 88.0 Å². The maximum atomic E-state index is 13.5. The van der Waals surface area contributed by atoms with E-state index in [2.05, 4.69) is 15.9 Å². The second kappa shape index (κ2) is 8.24. The summed E-state index contributed by atoms with van der Waals surface area (Å²) in [6.45, 7) is 0. The Bertz CT molecular complexity index is 1390. The van der Waals surface area contributed by atoms with Crippen molar-refractivity contribution in [1.82, 2.24) is 0 Å². The van der Waals surface area contributed by atoms with Crippen molar-refractivity contribution in [1.29, 1.82) is 0 Å². The van der Waals surface area contributed by atoms with Crippen LogP contribution in [0.4, 0.5) is 5.69 Å². The minimum atomic E-state index is -0.217. The molecule has 5 rings (SSSR count). The third kappa shape index (κ3) is 3.83. The van der Waals surface area contributed by atoms with E-state index in [1.165, 1.54) is 11.3 Å². The molecule has 0 fully saturated rings. The lowest BCUT2D eigenvalue weighted by Gasteiger charge is -2.18. The molecule has 7 heteroatoms. The van der Waals surface area contributed by atoms with Gasteiger partial charge in [0.25, 0.3) is 5.91 Å². The normalized spacial score (nSPS) is 15.2. The molecule has 0 unspecified atom stereocenters. The summed E-state index contributed by atoms with van der Waals surface area (Å²) in [7, 11) is 0. The van der Waals surface area contributed by atoms with Crippen LogP contribution in [0.1, 0.15) is 10.4 Å². The van der Waals surface area contributed by atoms with Gasteiger partial charge in [-0.25, -0.2) is 4.99 Å². The second-order valence-corrected chi connectivity index (χ2v) is 9.66. The first-order valence-electron chi connectivity index (χ1n) is 9.34. The number of benzene rings is 3. The van der Waals surface area contributed by atoms with Gasteiger partial charge in [0.05, 0.1) is 15.6 Å². The van der Waals surface area contributed by atoms with E-state index in [0.29, 0.717) is 27.3 Å². The number of hydrogen-bond acceptors (Lipinski definition) is 3. The molecule has 0 atom stereocenters. The Balaban J connectivity index is 1.69. The van der Waals surface area contributed by atoms with E-state index in [4.69, 9.17) is 28.2 Å². The number of anilines is 1. The van der Waals surface area contributed by atoms with Gasteiger partial charge in [0.1, 0.15) is 5.70 Å². The van der Waals surface area contributed by atoms with Crippen LogP contribution in [0.5, 0.6) is 0 Å². The van der Waals surface area contributed by atoms with E-state index in [9.17, 15) is 4.79 Å². The fourth-order valence-electron chi connectivity index (χ4n) is 3.41. The Kier molecular flexibility index (Phi) is 5.44. The number of carbonyl (C=O) groups excluding carboxylic acids is 1. The molecule has 0 N–H and O–H groups in total. The number of amidine groups is 1. The molecule has 0 bridgehead atoms. The summed E-state index contributed by atoms with van der Waals surface area (Å²) in [5.74, 6) is 0.297. The van der Waals surface area contributed by atoms with Crippen LogP contribution in [0.2, 0.25) is 10.0 Å². The fraction of sp³-hybridized carbons (Fsp3) is 0. The molecule has 0 aliphatic carbocycles. The summed E-state index contributed by atoms with van der Waals surface area (Å²) < 4.78 is 1.97. The molecule has 1 aliphatic heterocycles. The van der Waals surface area contributed by atoms with Crippen molar-refractivity contribution < 1.29 is 4.79 Å². The lowest BCUT2D eigenvalue weighted by molar-refractivity contribution is -0.113. The molecule has 152 valence electrons. The Morgan fingerprint density at radius 3 is 2.48 bits per heavy atom. The molecule has 3 aromatic carbocycles. The second-order valence-electron chi connectivity index (χ2n) is 6.88. The van der Waals surface area contributed by atoms with Crippen molar-refractivity contribution in [3.05, 3.63) is 103 Å². The van der Waals surface area contributed by atoms with E-state index in [-0.39, 0.29) is 5.91 Å². The van der Waals surface area contributed by atoms with Gasteiger partial charge in [-0.15, -0.1) is 11.3 Å². The largest absolute Gasteiger partial charge is 0.282 e. The first kappa shape index (κ1) is 20.5. The predicted octanol–water partition coefficient (Wildman–Crippen LogP) is 7.81. The topological polar surface area (TPSA) is 32.7 Å². The molecule has 0 saturated carbocycles. The third-order valence-corrected chi connectivity index (χ3v) is 7.25. The third-order valence-electron chi connectivity index (χ3n) is 4.84. The van der Waals surface area contributed by atoms with Gasteiger partial charge >= 0.3 is 0 Å². The van der Waals surface area contributed by atoms with E-state index >= 15 is 0 Å². The highest BCUT2D eigenvalue weighted by Crippen LogP contribution is 2.39. The zero-order valence-electron chi connectivity index (χ0n) is 15.9. The first-order valence-corrected chi connectivity index (χ1v) is 11.7. The van der Waals surface area contributed by atoms with Crippen molar-refractivity contribution >= 4 is 84.1 Å². The maximum absolute atomic E-state index is 13.5. The first-order chi connectivity index (χ1) is 15.0. The van der Waals surface area contributed by atoms with E-state index < -0.39 is 0 Å². The SMILES string of the molecule is O=C1/C(=C\c2cccc(Br)c2)N=C(c2sc3ccccc3c2Cl)N1c1ccc(Cl)cc1. The van der Waals surface area contributed by atoms with Crippen molar-refractivity contribution in [2.45, 2.75) is 0 Å². The summed E-state index contributed by atoms with van der Waals surface area (Å²) in [5.41, 5.74) is 1.90. The van der Waals surface area contributed by atoms with Crippen molar-refractivity contribution in [2.75, 3.05) is 4.90 Å². The van der Waals surface area contributed by atoms with Crippen LogP contribution < -0.4 is 4.90 Å². The number of rotatable bonds is 3. The van der Waals surface area contributed by atoms with Crippen LogP contribution in [0, 0.1) is 0 Å². The molecule has 31 heavy (non-hydrogen) atoms. The Morgan fingerprint density at radius 1 is 0.968 bits per heavy atom. The predicted molar refractivity (Wildman–Crippen MR) is 134 cm³/mol. The minimum absolute atomic E-state index is 0.217. The zero-order chi connectivity index (χ0) is 21.5. The van der Waals surface area contributed by atoms with Crippen LogP contribution in [-0.2, 0) is 4.79 Å². The molecule has 3 nitrogen and oxygen atoms in total. The van der Waals surface area contributed by atoms with Gasteiger partial charge in [-0.2, -0.15) is 0 Å². The Morgan fingerprint density at radius 2 is 1.74 bits per heavy atom. The number of thiophene rings is 1. The summed E-state index contributed by atoms with van der Waals surface area (Å²) >= 11 is 17.8. The van der Waals surface area contributed by atoms with E-state index in [1.807, 2.05) is 48.5 Å². The standard InChI is InChI=1S/C24H13BrCl2N2OS/c25-15-5-3-4-14(12-15)13-19-24(30)29(17-10-8-16(26)9-11-17)23(28-19)22-21(27)18-6-1-2-7-20(18)31-22/h1-13H/b19-13+. The van der Waals surface area contributed by atoms with Crippen molar-refractivity contribution in [3.63, 3.8) is 0 Å². The molecule has 4 aromatic rings. The number of fused-ring (bicyclic) bond motifs is 1. The highest BCUT2D eigenvalue weighted by atomic mass is 79.9. The molecule has 0 spiro atoms. The lowest BCUT2D eigenvalue weighted by Crippen LogP contribution is -2.32. The van der Waals surface area contributed by atoms with Gasteiger partial charge < -0.3 is 0 Å². The number of carbonyl (C=O) groups is 1. The number of nitrogens with zero attached hydrogens (tertiary/aromatic N) is 2. The molecular formula is C24H13BrCl2N2OS. The van der Waals surface area contributed by atoms with Crippen molar-refractivity contribution in [2.24, 2.45) is 4.99 Å². The van der Waals surface area contributed by atoms with Gasteiger partial charge in [0.15, 0.2) is 5.84 Å². The molecule has 0 radical (unpaired) electrons. The Hall–Kier alpha value is -2.44. The summed E-state index contributed by atoms with van der Waals surface area (Å²) in [6, 6.07) is 22.7. The maximum Gasteiger partial charge on any atom is 0.282 e. The molecule has 1 amide bonds. The number of halogens is 3. The highest BCUT2D eigenvalue weighted by Gasteiger charge is 2.34. The van der Waals surface area contributed by atoms with Gasteiger partial charge in [-0.3, -0.25) is 9.69 Å². The van der Waals surface area contributed by atoms with E-state index in [0.717, 1.165) is 25.0 Å². The fourth-order valence-corrected chi connectivity index (χ4v) is 5.45. The van der Waals surface area contributed by atoms with Crippen LogP contribution in [0.3, 0.4) is 0 Å². The van der Waals surface area contributed by atoms with Gasteiger partial charge in [-0.05, 0) is 54.1 Å². The average Bonchev–Trinajstić information content (AvgIpc) is 3.26. The number of hydrogen-bond donors (Lipinski definition) is 0. The average molecular weight is 528 g/mol. The van der Waals surface area contributed by atoms with E-state index in [1.54, 1.807) is 35.2 Å². The van der Waals surface area contributed by atoms with Gasteiger partial charge in [0.2, 0.25) is 0 Å². The smallest absolute Gasteiger partial charge is 0.266 e.